The number of hydrogen-bond acceptors (Lipinski definition) is 1. The molecule has 0 radical (unpaired) electrons. The molecule has 0 saturated carbocycles. The Morgan fingerprint density at radius 2 is 1.80 bits per heavy atom. The van der Waals surface area contributed by atoms with Crippen LogP contribution in [0, 0.1) is 5.82 Å². The van der Waals surface area contributed by atoms with E-state index in [1.165, 1.54) is 12.1 Å². The van der Waals surface area contributed by atoms with Crippen molar-refractivity contribution in [2.45, 2.75) is 19.3 Å². The molecule has 0 aliphatic carbocycles. The van der Waals surface area contributed by atoms with E-state index in [0.29, 0.717) is 6.61 Å². The first-order valence-corrected chi connectivity index (χ1v) is 6.33. The zero-order valence-corrected chi connectivity index (χ0v) is 10.3. The highest BCUT2D eigenvalue weighted by molar-refractivity contribution is 9.09. The molecule has 0 unspecified atom stereocenters. The quantitative estimate of drug-likeness (QED) is 0.546. The second-order valence-electron chi connectivity index (χ2n) is 3.38. The lowest BCUT2D eigenvalue weighted by molar-refractivity contribution is 0.134. The average Bonchev–Trinajstić information content (AvgIpc) is 2.26. The largest absolute Gasteiger partial charge is 0.381 e. The van der Waals surface area contributed by atoms with E-state index in [9.17, 15) is 4.39 Å². The molecule has 15 heavy (non-hydrogen) atoms. The van der Waals surface area contributed by atoms with E-state index in [-0.39, 0.29) is 5.82 Å². The van der Waals surface area contributed by atoms with Gasteiger partial charge >= 0.3 is 0 Å². The molecule has 1 rings (SSSR count). The van der Waals surface area contributed by atoms with E-state index in [1.54, 1.807) is 12.1 Å². The minimum Gasteiger partial charge on any atom is -0.381 e. The third-order valence-corrected chi connectivity index (χ3v) is 2.68. The van der Waals surface area contributed by atoms with Gasteiger partial charge in [0.2, 0.25) is 0 Å². The maximum absolute atomic E-state index is 12.6. The van der Waals surface area contributed by atoms with Gasteiger partial charge in [-0.25, -0.2) is 4.39 Å². The molecule has 84 valence electrons. The molecule has 1 aromatic rings. The highest BCUT2D eigenvalue weighted by Gasteiger charge is 1.94. The van der Waals surface area contributed by atoms with Crippen LogP contribution in [0.15, 0.2) is 24.3 Å². The van der Waals surface area contributed by atoms with Gasteiger partial charge in [0.05, 0.1) is 6.61 Å². The van der Waals surface area contributed by atoms with Crippen molar-refractivity contribution in [2.75, 3.05) is 18.5 Å². The van der Waals surface area contributed by atoms with E-state index in [1.807, 2.05) is 0 Å². The summed E-state index contributed by atoms with van der Waals surface area (Å²) in [6, 6.07) is 6.58. The Morgan fingerprint density at radius 1 is 1.07 bits per heavy atom. The maximum atomic E-state index is 12.6. The van der Waals surface area contributed by atoms with Gasteiger partial charge in [0.15, 0.2) is 0 Å². The van der Waals surface area contributed by atoms with Gasteiger partial charge in [-0.05, 0) is 37.0 Å². The number of hydrogen-bond donors (Lipinski definition) is 0. The summed E-state index contributed by atoms with van der Waals surface area (Å²) in [6.07, 6.45) is 3.10. The van der Waals surface area contributed by atoms with Gasteiger partial charge in [-0.3, -0.25) is 0 Å². The third kappa shape index (κ3) is 5.90. The standard InChI is InChI=1S/C12H16BrFO/c13-8-1-2-9-15-10-7-11-3-5-12(14)6-4-11/h3-6H,1-2,7-10H2. The number of alkyl halides is 1. The zero-order chi connectivity index (χ0) is 10.9. The number of rotatable bonds is 7. The molecule has 0 atom stereocenters. The Kier molecular flexibility index (Phi) is 6.60. The van der Waals surface area contributed by atoms with Crippen molar-refractivity contribution in [1.29, 1.82) is 0 Å². The normalized spacial score (nSPS) is 10.5. The van der Waals surface area contributed by atoms with Crippen molar-refractivity contribution >= 4 is 15.9 Å². The van der Waals surface area contributed by atoms with Crippen LogP contribution < -0.4 is 0 Å². The van der Waals surface area contributed by atoms with Crippen LogP contribution in [-0.2, 0) is 11.2 Å². The highest BCUT2D eigenvalue weighted by Crippen LogP contribution is 2.03. The van der Waals surface area contributed by atoms with Gasteiger partial charge in [0, 0.05) is 11.9 Å². The minimum atomic E-state index is -0.183. The Balaban J connectivity index is 2.07. The molecule has 1 aromatic carbocycles. The zero-order valence-electron chi connectivity index (χ0n) is 8.72. The van der Waals surface area contributed by atoms with Gasteiger partial charge < -0.3 is 4.74 Å². The Labute approximate surface area is 98.8 Å². The number of ether oxygens (including phenoxy) is 1. The first kappa shape index (κ1) is 12.7. The molecule has 0 aliphatic rings. The molecule has 0 heterocycles. The first-order valence-electron chi connectivity index (χ1n) is 5.21. The smallest absolute Gasteiger partial charge is 0.123 e. The van der Waals surface area contributed by atoms with E-state index >= 15 is 0 Å². The summed E-state index contributed by atoms with van der Waals surface area (Å²) in [5, 5.41) is 1.04. The van der Waals surface area contributed by atoms with Crippen molar-refractivity contribution in [3.63, 3.8) is 0 Å². The molecule has 0 saturated heterocycles. The van der Waals surface area contributed by atoms with Crippen LogP contribution in [0.5, 0.6) is 0 Å². The lowest BCUT2D eigenvalue weighted by Gasteiger charge is -2.03. The highest BCUT2D eigenvalue weighted by atomic mass is 79.9. The minimum absolute atomic E-state index is 0.183. The summed E-state index contributed by atoms with van der Waals surface area (Å²) in [5.74, 6) is -0.183. The Morgan fingerprint density at radius 3 is 2.47 bits per heavy atom. The molecular formula is C12H16BrFO. The van der Waals surface area contributed by atoms with E-state index in [0.717, 1.165) is 36.8 Å². The van der Waals surface area contributed by atoms with Crippen LogP contribution in [0.25, 0.3) is 0 Å². The molecule has 0 fully saturated rings. The molecule has 3 heteroatoms. The van der Waals surface area contributed by atoms with Crippen molar-refractivity contribution in [2.24, 2.45) is 0 Å². The predicted octanol–water partition coefficient (Wildman–Crippen LogP) is 3.56. The predicted molar refractivity (Wildman–Crippen MR) is 64.0 cm³/mol. The van der Waals surface area contributed by atoms with E-state index in [2.05, 4.69) is 15.9 Å². The van der Waals surface area contributed by atoms with Crippen LogP contribution in [0.2, 0.25) is 0 Å². The molecule has 0 aliphatic heterocycles. The topological polar surface area (TPSA) is 9.23 Å². The molecular weight excluding hydrogens is 259 g/mol. The summed E-state index contributed by atoms with van der Waals surface area (Å²) in [7, 11) is 0. The molecule has 0 bridgehead atoms. The van der Waals surface area contributed by atoms with Crippen molar-refractivity contribution in [3.05, 3.63) is 35.6 Å². The summed E-state index contributed by atoms with van der Waals surface area (Å²) in [5.41, 5.74) is 1.12. The molecule has 0 aromatic heterocycles. The summed E-state index contributed by atoms with van der Waals surface area (Å²) in [6.45, 7) is 1.53. The molecule has 0 N–H and O–H groups in total. The van der Waals surface area contributed by atoms with E-state index < -0.39 is 0 Å². The van der Waals surface area contributed by atoms with Crippen LogP contribution in [0.4, 0.5) is 4.39 Å². The van der Waals surface area contributed by atoms with Crippen LogP contribution >= 0.6 is 15.9 Å². The Hall–Kier alpha value is -0.410. The lowest BCUT2D eigenvalue weighted by atomic mass is 10.2. The molecule has 0 amide bonds. The number of halogens is 2. The van der Waals surface area contributed by atoms with Gasteiger partial charge in [-0.2, -0.15) is 0 Å². The van der Waals surface area contributed by atoms with Crippen molar-refractivity contribution in [3.8, 4) is 0 Å². The number of benzene rings is 1. The van der Waals surface area contributed by atoms with E-state index in [4.69, 9.17) is 4.74 Å². The average molecular weight is 275 g/mol. The lowest BCUT2D eigenvalue weighted by Crippen LogP contribution is -2.00. The second-order valence-corrected chi connectivity index (χ2v) is 4.18. The van der Waals surface area contributed by atoms with Crippen molar-refractivity contribution < 1.29 is 9.13 Å². The maximum Gasteiger partial charge on any atom is 0.123 e. The van der Waals surface area contributed by atoms with Gasteiger partial charge in [0.1, 0.15) is 5.82 Å². The Bertz CT molecular complexity index is 261. The summed E-state index contributed by atoms with van der Waals surface area (Å²) < 4.78 is 18.0. The summed E-state index contributed by atoms with van der Waals surface area (Å²) >= 11 is 3.37. The molecule has 1 nitrogen and oxygen atoms in total. The van der Waals surface area contributed by atoms with Gasteiger partial charge in [-0.15, -0.1) is 0 Å². The monoisotopic (exact) mass is 274 g/mol. The second kappa shape index (κ2) is 7.83. The van der Waals surface area contributed by atoms with Crippen LogP contribution in [-0.4, -0.2) is 18.5 Å². The van der Waals surface area contributed by atoms with Crippen molar-refractivity contribution in [1.82, 2.24) is 0 Å². The third-order valence-electron chi connectivity index (χ3n) is 2.12. The fraction of sp³-hybridized carbons (Fsp3) is 0.500. The molecule has 0 spiro atoms. The summed E-state index contributed by atoms with van der Waals surface area (Å²) in [4.78, 5) is 0. The van der Waals surface area contributed by atoms with Gasteiger partial charge in [-0.1, -0.05) is 28.1 Å². The fourth-order valence-corrected chi connectivity index (χ4v) is 1.64. The van der Waals surface area contributed by atoms with Crippen LogP contribution in [0.3, 0.4) is 0 Å². The SMILES string of the molecule is Fc1ccc(CCOCCCCBr)cc1. The first-order chi connectivity index (χ1) is 7.33. The van der Waals surface area contributed by atoms with Gasteiger partial charge in [0.25, 0.3) is 0 Å². The number of unbranched alkanes of at least 4 members (excludes halogenated alkanes) is 1. The fourth-order valence-electron chi connectivity index (χ4n) is 1.24. The van der Waals surface area contributed by atoms with Crippen LogP contribution in [0.1, 0.15) is 18.4 Å².